The zero-order valence-corrected chi connectivity index (χ0v) is 11.1. The molecule has 0 unspecified atom stereocenters. The van der Waals surface area contributed by atoms with Gasteiger partial charge in [0, 0.05) is 11.4 Å². The summed E-state index contributed by atoms with van der Waals surface area (Å²) in [6, 6.07) is 5.90. The zero-order valence-electron chi connectivity index (χ0n) is 9.53. The van der Waals surface area contributed by atoms with Crippen LogP contribution >= 0.6 is 22.9 Å². The average Bonchev–Trinajstić information content (AvgIpc) is 2.58. The summed E-state index contributed by atoms with van der Waals surface area (Å²) in [5.74, 6) is 0. The lowest BCUT2D eigenvalue weighted by molar-refractivity contribution is 0.400. The molecule has 1 heterocycles. The fourth-order valence-electron chi connectivity index (χ4n) is 1.60. The number of halogens is 1. The maximum atomic E-state index is 5.93. The summed E-state index contributed by atoms with van der Waals surface area (Å²) in [4.78, 5) is 6.78. The minimum atomic E-state index is 0.762. The van der Waals surface area contributed by atoms with E-state index < -0.39 is 0 Å². The van der Waals surface area contributed by atoms with Gasteiger partial charge in [-0.15, -0.1) is 11.3 Å². The van der Waals surface area contributed by atoms with Gasteiger partial charge in [0.15, 0.2) is 0 Å². The maximum Gasteiger partial charge on any atom is 0.0939 e. The van der Waals surface area contributed by atoms with E-state index in [1.807, 2.05) is 18.2 Å². The van der Waals surface area contributed by atoms with E-state index in [9.17, 15) is 0 Å². The lowest BCUT2D eigenvalue weighted by Gasteiger charge is -2.06. The molecule has 0 saturated carbocycles. The molecule has 1 aromatic carbocycles. The van der Waals surface area contributed by atoms with E-state index in [2.05, 4.69) is 24.0 Å². The molecule has 0 N–H and O–H groups in total. The molecule has 1 aromatic heterocycles. The Kier molecular flexibility index (Phi) is 3.79. The molecular weight excluding hydrogens is 240 g/mol. The zero-order chi connectivity index (χ0) is 11.5. The van der Waals surface area contributed by atoms with Gasteiger partial charge in [-0.3, -0.25) is 0 Å². The van der Waals surface area contributed by atoms with Crippen molar-refractivity contribution in [1.29, 1.82) is 0 Å². The van der Waals surface area contributed by atoms with Gasteiger partial charge >= 0.3 is 0 Å². The van der Waals surface area contributed by atoms with Gasteiger partial charge in [0.2, 0.25) is 0 Å². The number of thiazole rings is 1. The van der Waals surface area contributed by atoms with Crippen LogP contribution in [0.3, 0.4) is 0 Å². The Hall–Kier alpha value is -0.640. The van der Waals surface area contributed by atoms with Gasteiger partial charge in [-0.2, -0.15) is 0 Å². The summed E-state index contributed by atoms with van der Waals surface area (Å²) in [5.41, 5.74) is 1.03. The van der Waals surface area contributed by atoms with Gasteiger partial charge < -0.3 is 4.90 Å². The van der Waals surface area contributed by atoms with Crippen LogP contribution in [0.1, 0.15) is 11.4 Å². The van der Waals surface area contributed by atoms with Crippen LogP contribution in [-0.2, 0) is 6.42 Å². The summed E-state index contributed by atoms with van der Waals surface area (Å²) in [6.07, 6.45) is 2.20. The molecule has 0 aliphatic rings. The third-order valence-corrected chi connectivity index (χ3v) is 3.72. The number of rotatable bonds is 4. The number of hydrogen-bond donors (Lipinski definition) is 0. The van der Waals surface area contributed by atoms with Gasteiger partial charge in [-0.05, 0) is 45.3 Å². The van der Waals surface area contributed by atoms with Gasteiger partial charge in [0.1, 0.15) is 0 Å². The Morgan fingerprint density at radius 1 is 1.38 bits per heavy atom. The highest BCUT2D eigenvalue weighted by Gasteiger charge is 2.04. The fourth-order valence-corrected chi connectivity index (χ4v) is 2.76. The molecule has 2 nitrogen and oxygen atoms in total. The summed E-state index contributed by atoms with van der Waals surface area (Å²) >= 11 is 7.70. The monoisotopic (exact) mass is 254 g/mol. The van der Waals surface area contributed by atoms with Crippen LogP contribution in [0.25, 0.3) is 10.2 Å². The van der Waals surface area contributed by atoms with E-state index in [0.29, 0.717) is 0 Å². The molecule has 0 bridgehead atoms. The fraction of sp³-hybridized carbons (Fsp3) is 0.417. The number of hydrogen-bond acceptors (Lipinski definition) is 3. The van der Waals surface area contributed by atoms with E-state index in [0.717, 1.165) is 29.9 Å². The molecule has 0 amide bonds. The number of benzene rings is 1. The largest absolute Gasteiger partial charge is 0.309 e. The second-order valence-corrected chi connectivity index (χ2v) is 5.68. The van der Waals surface area contributed by atoms with Crippen molar-refractivity contribution in [3.05, 3.63) is 28.2 Å². The summed E-state index contributed by atoms with van der Waals surface area (Å²) in [6.45, 7) is 1.11. The second kappa shape index (κ2) is 5.13. The van der Waals surface area contributed by atoms with Crippen LogP contribution in [0, 0.1) is 0 Å². The van der Waals surface area contributed by atoms with E-state index in [1.54, 1.807) is 11.3 Å². The Labute approximate surface area is 105 Å². The molecule has 86 valence electrons. The Morgan fingerprint density at radius 2 is 2.19 bits per heavy atom. The molecule has 0 saturated heterocycles. The van der Waals surface area contributed by atoms with E-state index in [4.69, 9.17) is 11.6 Å². The van der Waals surface area contributed by atoms with Crippen LogP contribution in [0.2, 0.25) is 5.02 Å². The lowest BCUT2D eigenvalue weighted by Crippen LogP contribution is -2.13. The first-order chi connectivity index (χ1) is 7.65. The van der Waals surface area contributed by atoms with Crippen LogP contribution in [0.4, 0.5) is 0 Å². The van der Waals surface area contributed by atoms with Crippen molar-refractivity contribution in [2.75, 3.05) is 20.6 Å². The van der Waals surface area contributed by atoms with Crippen molar-refractivity contribution in [2.45, 2.75) is 12.8 Å². The smallest absolute Gasteiger partial charge is 0.0939 e. The molecule has 0 aliphatic heterocycles. The highest BCUT2D eigenvalue weighted by Crippen LogP contribution is 2.25. The topological polar surface area (TPSA) is 16.1 Å². The standard InChI is InChI=1S/C12H15ClN2S/c1-15(2)7-3-4-12-14-10-8-9(13)5-6-11(10)16-12/h5-6,8H,3-4,7H2,1-2H3. The molecule has 0 aliphatic carbocycles. The third kappa shape index (κ3) is 2.94. The van der Waals surface area contributed by atoms with Gasteiger partial charge in [0.05, 0.1) is 15.2 Å². The van der Waals surface area contributed by atoms with Gasteiger partial charge in [0.25, 0.3) is 0 Å². The molecule has 2 rings (SSSR count). The van der Waals surface area contributed by atoms with Crippen LogP contribution < -0.4 is 0 Å². The lowest BCUT2D eigenvalue weighted by atomic mass is 10.3. The van der Waals surface area contributed by atoms with Crippen LogP contribution in [-0.4, -0.2) is 30.5 Å². The summed E-state index contributed by atoms with van der Waals surface area (Å²) < 4.78 is 1.23. The molecule has 0 radical (unpaired) electrons. The van der Waals surface area contributed by atoms with E-state index >= 15 is 0 Å². The van der Waals surface area contributed by atoms with Gasteiger partial charge in [-0.1, -0.05) is 11.6 Å². The first kappa shape index (κ1) is 11.8. The predicted octanol–water partition coefficient (Wildman–Crippen LogP) is 3.44. The van der Waals surface area contributed by atoms with Crippen LogP contribution in [0.15, 0.2) is 18.2 Å². The summed E-state index contributed by atoms with van der Waals surface area (Å²) in [5, 5.41) is 1.97. The summed E-state index contributed by atoms with van der Waals surface area (Å²) in [7, 11) is 4.19. The first-order valence-corrected chi connectivity index (χ1v) is 6.54. The van der Waals surface area contributed by atoms with Crippen molar-refractivity contribution >= 4 is 33.2 Å². The quantitative estimate of drug-likeness (QED) is 0.831. The Bertz CT molecular complexity index is 479. The highest BCUT2D eigenvalue weighted by atomic mass is 35.5. The minimum absolute atomic E-state index is 0.762. The Morgan fingerprint density at radius 3 is 2.94 bits per heavy atom. The predicted molar refractivity (Wildman–Crippen MR) is 71.5 cm³/mol. The van der Waals surface area contributed by atoms with Crippen LogP contribution in [0.5, 0.6) is 0 Å². The normalized spacial score (nSPS) is 11.5. The second-order valence-electron chi connectivity index (χ2n) is 4.13. The van der Waals surface area contributed by atoms with E-state index in [-0.39, 0.29) is 0 Å². The van der Waals surface area contributed by atoms with Gasteiger partial charge in [-0.25, -0.2) is 4.98 Å². The molecule has 2 aromatic rings. The van der Waals surface area contributed by atoms with Crippen molar-refractivity contribution in [3.63, 3.8) is 0 Å². The number of nitrogens with zero attached hydrogens (tertiary/aromatic N) is 2. The van der Waals surface area contributed by atoms with E-state index in [1.165, 1.54) is 9.71 Å². The molecule has 0 fully saturated rings. The first-order valence-electron chi connectivity index (χ1n) is 5.35. The number of aromatic nitrogens is 1. The SMILES string of the molecule is CN(C)CCCc1nc2cc(Cl)ccc2s1. The average molecular weight is 255 g/mol. The molecule has 4 heteroatoms. The van der Waals surface area contributed by atoms with Crippen molar-refractivity contribution < 1.29 is 0 Å². The van der Waals surface area contributed by atoms with Crippen molar-refractivity contribution in [2.24, 2.45) is 0 Å². The molecule has 0 atom stereocenters. The third-order valence-electron chi connectivity index (χ3n) is 2.39. The maximum absolute atomic E-state index is 5.93. The minimum Gasteiger partial charge on any atom is -0.309 e. The molecular formula is C12H15ClN2S. The van der Waals surface area contributed by atoms with Crippen molar-refractivity contribution in [1.82, 2.24) is 9.88 Å². The Balaban J connectivity index is 2.08. The molecule has 16 heavy (non-hydrogen) atoms. The highest BCUT2D eigenvalue weighted by molar-refractivity contribution is 7.18. The number of aryl methyl sites for hydroxylation is 1. The van der Waals surface area contributed by atoms with Crippen molar-refractivity contribution in [3.8, 4) is 0 Å². The molecule has 0 spiro atoms. The number of fused-ring (bicyclic) bond motifs is 1.